The molecule has 2 heterocycles. The maximum Gasteiger partial charge on any atom is 0.230 e. The van der Waals surface area contributed by atoms with Crippen molar-refractivity contribution in [2.45, 2.75) is 0 Å². The van der Waals surface area contributed by atoms with Gasteiger partial charge in [-0.1, -0.05) is 23.4 Å². The molecule has 3 nitrogen and oxygen atoms in total. The zero-order chi connectivity index (χ0) is 13.4. The summed E-state index contributed by atoms with van der Waals surface area (Å²) in [5, 5.41) is 3.94. The minimum absolute atomic E-state index is 0.115. The predicted octanol–water partition coefficient (Wildman–Crippen LogP) is 4.55. The van der Waals surface area contributed by atoms with Crippen molar-refractivity contribution in [1.82, 2.24) is 5.16 Å². The molecule has 0 atom stereocenters. The molecule has 0 aliphatic carbocycles. The molecule has 0 spiro atoms. The first-order chi connectivity index (χ1) is 9.16. The Hall–Kier alpha value is -1.66. The van der Waals surface area contributed by atoms with Gasteiger partial charge in [0.25, 0.3) is 0 Å². The summed E-state index contributed by atoms with van der Waals surface area (Å²) in [7, 11) is 0. The van der Waals surface area contributed by atoms with E-state index in [0.29, 0.717) is 16.8 Å². The van der Waals surface area contributed by atoms with Crippen molar-refractivity contribution in [3.8, 4) is 21.7 Å². The third-order valence-electron chi connectivity index (χ3n) is 2.67. The molecule has 2 N–H and O–H groups in total. The van der Waals surface area contributed by atoms with Crippen molar-refractivity contribution >= 4 is 33.2 Å². The second-order valence-corrected chi connectivity index (χ2v) is 6.32. The molecule has 0 unspecified atom stereocenters. The zero-order valence-electron chi connectivity index (χ0n) is 9.56. The first-order valence-electron chi connectivity index (χ1n) is 5.42. The number of nitrogen functional groups attached to an aromatic ring is 1. The Bertz CT molecular complexity index is 738. The van der Waals surface area contributed by atoms with Crippen LogP contribution in [0.25, 0.3) is 21.7 Å². The average molecular weight is 339 g/mol. The molecule has 3 aromatic rings. The van der Waals surface area contributed by atoms with Gasteiger partial charge in [-0.2, -0.15) is 0 Å². The Kier molecular flexibility index (Phi) is 3.12. The van der Waals surface area contributed by atoms with E-state index in [0.717, 1.165) is 8.66 Å². The molecule has 0 aliphatic rings. The quantitative estimate of drug-likeness (QED) is 0.745. The lowest BCUT2D eigenvalue weighted by Crippen LogP contribution is -1.89. The van der Waals surface area contributed by atoms with Crippen molar-refractivity contribution in [3.05, 3.63) is 46.0 Å². The first-order valence-corrected chi connectivity index (χ1v) is 7.03. The van der Waals surface area contributed by atoms with Crippen LogP contribution in [0.15, 0.2) is 44.7 Å². The number of thiophene rings is 1. The molecular weight excluding hydrogens is 331 g/mol. The molecule has 1 aromatic carbocycles. The van der Waals surface area contributed by atoms with Crippen LogP contribution in [0.5, 0.6) is 0 Å². The van der Waals surface area contributed by atoms with E-state index in [-0.39, 0.29) is 11.7 Å². The molecule has 0 saturated carbocycles. The second-order valence-electron chi connectivity index (χ2n) is 3.85. The molecule has 3 rings (SSSR count). The standard InChI is InChI=1S/C13H8BrFN2OS/c14-10-6-5-9(19-10)12-11(13(16)18-17-12)7-3-1-2-4-8(7)15/h1-6H,16H2. The first kappa shape index (κ1) is 12.4. The molecule has 0 radical (unpaired) electrons. The van der Waals surface area contributed by atoms with Crippen molar-refractivity contribution in [3.63, 3.8) is 0 Å². The maximum atomic E-state index is 13.9. The number of rotatable bonds is 2. The van der Waals surface area contributed by atoms with Crippen molar-refractivity contribution < 1.29 is 8.91 Å². The molecule has 0 fully saturated rings. The fourth-order valence-electron chi connectivity index (χ4n) is 1.84. The van der Waals surface area contributed by atoms with Crippen LogP contribution in [0.1, 0.15) is 0 Å². The highest BCUT2D eigenvalue weighted by Gasteiger charge is 2.20. The fourth-order valence-corrected chi connectivity index (χ4v) is 3.21. The van der Waals surface area contributed by atoms with E-state index < -0.39 is 0 Å². The van der Waals surface area contributed by atoms with Crippen molar-refractivity contribution in [2.24, 2.45) is 0 Å². The van der Waals surface area contributed by atoms with E-state index in [1.54, 1.807) is 18.2 Å². The number of benzene rings is 1. The van der Waals surface area contributed by atoms with Gasteiger partial charge in [0.05, 0.1) is 14.2 Å². The summed E-state index contributed by atoms with van der Waals surface area (Å²) in [5.41, 5.74) is 7.22. The highest BCUT2D eigenvalue weighted by molar-refractivity contribution is 9.11. The number of nitrogens with zero attached hydrogens (tertiary/aromatic N) is 1. The molecule has 0 amide bonds. The van der Waals surface area contributed by atoms with Gasteiger partial charge in [-0.3, -0.25) is 0 Å². The number of halogens is 2. The number of aromatic nitrogens is 1. The monoisotopic (exact) mass is 338 g/mol. The van der Waals surface area contributed by atoms with Gasteiger partial charge in [0.2, 0.25) is 5.88 Å². The van der Waals surface area contributed by atoms with Crippen LogP contribution < -0.4 is 5.73 Å². The number of hydrogen-bond acceptors (Lipinski definition) is 4. The summed E-state index contributed by atoms with van der Waals surface area (Å²) < 4.78 is 19.9. The smallest absolute Gasteiger partial charge is 0.230 e. The fraction of sp³-hybridized carbons (Fsp3) is 0. The summed E-state index contributed by atoms with van der Waals surface area (Å²) in [4.78, 5) is 0.866. The van der Waals surface area contributed by atoms with Gasteiger partial charge in [-0.05, 0) is 34.1 Å². The van der Waals surface area contributed by atoms with Crippen LogP contribution in [0.2, 0.25) is 0 Å². The highest BCUT2D eigenvalue weighted by atomic mass is 79.9. The van der Waals surface area contributed by atoms with E-state index in [1.165, 1.54) is 17.4 Å². The van der Waals surface area contributed by atoms with Gasteiger partial charge < -0.3 is 10.3 Å². The Morgan fingerprint density at radius 2 is 2.00 bits per heavy atom. The molecule has 19 heavy (non-hydrogen) atoms. The summed E-state index contributed by atoms with van der Waals surface area (Å²) in [5.74, 6) is -0.237. The van der Waals surface area contributed by atoms with E-state index in [1.807, 2.05) is 12.1 Å². The molecule has 6 heteroatoms. The molecule has 0 aliphatic heterocycles. The SMILES string of the molecule is Nc1onc(-c2ccc(Br)s2)c1-c1ccccc1F. The molecule has 0 bridgehead atoms. The van der Waals surface area contributed by atoms with Crippen LogP contribution in [-0.4, -0.2) is 5.16 Å². The van der Waals surface area contributed by atoms with Gasteiger partial charge in [0, 0.05) is 5.56 Å². The molecular formula is C13H8BrFN2OS. The second kappa shape index (κ2) is 4.79. The Morgan fingerprint density at radius 3 is 2.68 bits per heavy atom. The zero-order valence-corrected chi connectivity index (χ0v) is 12.0. The van der Waals surface area contributed by atoms with Gasteiger partial charge >= 0.3 is 0 Å². The van der Waals surface area contributed by atoms with E-state index in [4.69, 9.17) is 10.3 Å². The number of nitrogens with two attached hydrogens (primary N) is 1. The third-order valence-corrected chi connectivity index (χ3v) is 4.30. The van der Waals surface area contributed by atoms with Crippen LogP contribution >= 0.6 is 27.3 Å². The van der Waals surface area contributed by atoms with E-state index >= 15 is 0 Å². The summed E-state index contributed by atoms with van der Waals surface area (Å²) >= 11 is 4.87. The Morgan fingerprint density at radius 1 is 1.21 bits per heavy atom. The van der Waals surface area contributed by atoms with Gasteiger partial charge in [0.1, 0.15) is 11.5 Å². The topological polar surface area (TPSA) is 52.0 Å². The minimum atomic E-state index is -0.353. The van der Waals surface area contributed by atoms with Crippen LogP contribution in [0, 0.1) is 5.82 Å². The summed E-state index contributed by atoms with van der Waals surface area (Å²) in [6.45, 7) is 0. The summed E-state index contributed by atoms with van der Waals surface area (Å²) in [6, 6.07) is 10.2. The van der Waals surface area contributed by atoms with Crippen molar-refractivity contribution in [1.29, 1.82) is 0 Å². The van der Waals surface area contributed by atoms with E-state index in [9.17, 15) is 4.39 Å². The predicted molar refractivity (Wildman–Crippen MR) is 77.3 cm³/mol. The normalized spacial score (nSPS) is 10.8. The van der Waals surface area contributed by atoms with E-state index in [2.05, 4.69) is 21.1 Å². The lowest BCUT2D eigenvalue weighted by molar-refractivity contribution is 0.439. The largest absolute Gasteiger partial charge is 0.367 e. The van der Waals surface area contributed by atoms with Gasteiger partial charge in [-0.25, -0.2) is 4.39 Å². The molecule has 96 valence electrons. The summed E-state index contributed by atoms with van der Waals surface area (Å²) in [6.07, 6.45) is 0. The lowest BCUT2D eigenvalue weighted by atomic mass is 10.0. The minimum Gasteiger partial charge on any atom is -0.367 e. The van der Waals surface area contributed by atoms with Crippen LogP contribution in [0.4, 0.5) is 10.3 Å². The molecule has 2 aromatic heterocycles. The highest BCUT2D eigenvalue weighted by Crippen LogP contribution is 2.40. The van der Waals surface area contributed by atoms with Gasteiger partial charge in [0.15, 0.2) is 0 Å². The van der Waals surface area contributed by atoms with Crippen LogP contribution in [0.3, 0.4) is 0 Å². The Balaban J connectivity index is 2.22. The Labute approximate surface area is 121 Å². The third kappa shape index (κ3) is 2.17. The van der Waals surface area contributed by atoms with Crippen LogP contribution in [-0.2, 0) is 0 Å². The number of hydrogen-bond donors (Lipinski definition) is 1. The number of anilines is 1. The van der Waals surface area contributed by atoms with Gasteiger partial charge in [-0.15, -0.1) is 11.3 Å². The van der Waals surface area contributed by atoms with Crippen molar-refractivity contribution in [2.75, 3.05) is 5.73 Å². The lowest BCUT2D eigenvalue weighted by Gasteiger charge is -2.02. The average Bonchev–Trinajstić information content (AvgIpc) is 2.96. The molecule has 0 saturated heterocycles. The maximum absolute atomic E-state index is 13.9.